The molecular formula is C19H17NO4S. The van der Waals surface area contributed by atoms with Gasteiger partial charge in [-0.05, 0) is 43.5 Å². The molecule has 0 saturated carbocycles. The first-order valence-electron chi connectivity index (χ1n) is 7.78. The number of benzene rings is 2. The van der Waals surface area contributed by atoms with Gasteiger partial charge < -0.3 is 14.5 Å². The molecule has 5 nitrogen and oxygen atoms in total. The molecule has 1 amide bonds. The monoisotopic (exact) mass is 355 g/mol. The predicted octanol–water partition coefficient (Wildman–Crippen LogP) is 4.58. The van der Waals surface area contributed by atoms with Gasteiger partial charge in [-0.3, -0.25) is 4.79 Å². The minimum absolute atomic E-state index is 0.00239. The van der Waals surface area contributed by atoms with Crippen molar-refractivity contribution in [3.63, 3.8) is 0 Å². The minimum Gasteiger partial charge on any atom is -0.460 e. The maximum Gasteiger partial charge on any atom is 0.376 e. The highest BCUT2D eigenvalue weighted by atomic mass is 32.2. The summed E-state index contributed by atoms with van der Waals surface area (Å²) in [6.07, 6.45) is 1.94. The van der Waals surface area contributed by atoms with Crippen molar-refractivity contribution in [2.75, 3.05) is 18.2 Å². The first kappa shape index (κ1) is 17.1. The molecule has 25 heavy (non-hydrogen) atoms. The van der Waals surface area contributed by atoms with E-state index in [9.17, 15) is 9.59 Å². The standard InChI is InChI=1S/C19H17NO4S/c1-3-23-19(22)17-16(14-9-4-5-10-15(14)24-17)20-18(21)12-7-6-8-13(11-12)25-2/h4-11H,3H2,1-2H3,(H,20,21). The van der Waals surface area contributed by atoms with Gasteiger partial charge in [-0.15, -0.1) is 11.8 Å². The van der Waals surface area contributed by atoms with Crippen molar-refractivity contribution in [2.24, 2.45) is 0 Å². The minimum atomic E-state index is -0.605. The molecule has 0 atom stereocenters. The van der Waals surface area contributed by atoms with Crippen LogP contribution in [0.25, 0.3) is 11.0 Å². The number of carbonyl (C=O) groups excluding carboxylic acids is 2. The molecule has 128 valence electrons. The third-order valence-electron chi connectivity index (χ3n) is 3.63. The summed E-state index contributed by atoms with van der Waals surface area (Å²) in [7, 11) is 0. The Kier molecular flexibility index (Phi) is 5.09. The molecule has 0 bridgehead atoms. The van der Waals surface area contributed by atoms with E-state index in [4.69, 9.17) is 9.15 Å². The van der Waals surface area contributed by atoms with Crippen molar-refractivity contribution >= 4 is 40.3 Å². The number of carbonyl (C=O) groups is 2. The van der Waals surface area contributed by atoms with E-state index in [1.54, 1.807) is 49.0 Å². The molecule has 0 aliphatic rings. The van der Waals surface area contributed by atoms with Gasteiger partial charge in [0.25, 0.3) is 5.91 Å². The molecule has 0 aliphatic carbocycles. The number of fused-ring (bicyclic) bond motifs is 1. The molecule has 2 aromatic carbocycles. The number of amides is 1. The van der Waals surface area contributed by atoms with E-state index in [0.717, 1.165) is 4.90 Å². The zero-order chi connectivity index (χ0) is 17.8. The SMILES string of the molecule is CCOC(=O)c1oc2ccccc2c1NC(=O)c1cccc(SC)c1. The van der Waals surface area contributed by atoms with E-state index in [2.05, 4.69) is 5.32 Å². The predicted molar refractivity (Wildman–Crippen MR) is 98.3 cm³/mol. The van der Waals surface area contributed by atoms with E-state index in [1.165, 1.54) is 0 Å². The third kappa shape index (κ3) is 3.53. The molecule has 0 unspecified atom stereocenters. The Balaban J connectivity index is 2.00. The fraction of sp³-hybridized carbons (Fsp3) is 0.158. The van der Waals surface area contributed by atoms with Crippen LogP contribution in [0, 0.1) is 0 Å². The van der Waals surface area contributed by atoms with Gasteiger partial charge in [-0.1, -0.05) is 18.2 Å². The first-order valence-corrected chi connectivity index (χ1v) is 9.00. The Morgan fingerprint density at radius 2 is 1.96 bits per heavy atom. The first-order chi connectivity index (χ1) is 12.1. The fourth-order valence-corrected chi connectivity index (χ4v) is 2.92. The summed E-state index contributed by atoms with van der Waals surface area (Å²) in [5.74, 6) is -0.919. The summed E-state index contributed by atoms with van der Waals surface area (Å²) in [6, 6.07) is 14.4. The molecule has 1 aromatic heterocycles. The van der Waals surface area contributed by atoms with Crippen LogP contribution < -0.4 is 5.32 Å². The average Bonchev–Trinajstić information content (AvgIpc) is 3.00. The molecule has 3 rings (SSSR count). The Bertz CT molecular complexity index is 932. The molecule has 3 aromatic rings. The number of esters is 1. The second kappa shape index (κ2) is 7.44. The Hall–Kier alpha value is -2.73. The highest BCUT2D eigenvalue weighted by Gasteiger charge is 2.23. The molecule has 0 fully saturated rings. The van der Waals surface area contributed by atoms with E-state index < -0.39 is 5.97 Å². The molecule has 0 spiro atoms. The Morgan fingerprint density at radius 3 is 2.72 bits per heavy atom. The number of anilines is 1. The van der Waals surface area contributed by atoms with Crippen molar-refractivity contribution in [3.05, 3.63) is 59.9 Å². The van der Waals surface area contributed by atoms with Crippen LogP contribution in [0.5, 0.6) is 0 Å². The maximum atomic E-state index is 12.6. The molecule has 0 saturated heterocycles. The van der Waals surface area contributed by atoms with Gasteiger partial charge in [0.2, 0.25) is 5.76 Å². The van der Waals surface area contributed by atoms with Gasteiger partial charge in [-0.25, -0.2) is 4.79 Å². The van der Waals surface area contributed by atoms with Crippen LogP contribution in [0.2, 0.25) is 0 Å². The molecule has 1 heterocycles. The van der Waals surface area contributed by atoms with Crippen LogP contribution in [0.1, 0.15) is 27.8 Å². The average molecular weight is 355 g/mol. The summed E-state index contributed by atoms with van der Waals surface area (Å²) in [6.45, 7) is 1.94. The topological polar surface area (TPSA) is 68.5 Å². The lowest BCUT2D eigenvalue weighted by molar-refractivity contribution is 0.0494. The number of thioether (sulfide) groups is 1. The Labute approximate surface area is 149 Å². The lowest BCUT2D eigenvalue weighted by atomic mass is 10.2. The number of nitrogens with one attached hydrogen (secondary N) is 1. The second-order valence-corrected chi connectivity index (χ2v) is 6.09. The van der Waals surface area contributed by atoms with Crippen molar-refractivity contribution in [1.29, 1.82) is 0 Å². The number of furan rings is 1. The van der Waals surface area contributed by atoms with Crippen molar-refractivity contribution in [3.8, 4) is 0 Å². The fourth-order valence-electron chi connectivity index (χ4n) is 2.46. The van der Waals surface area contributed by atoms with Gasteiger partial charge in [0.1, 0.15) is 11.3 Å². The Morgan fingerprint density at radius 1 is 1.16 bits per heavy atom. The van der Waals surface area contributed by atoms with Gasteiger partial charge >= 0.3 is 5.97 Å². The van der Waals surface area contributed by atoms with Gasteiger partial charge in [-0.2, -0.15) is 0 Å². The van der Waals surface area contributed by atoms with Crippen LogP contribution in [-0.4, -0.2) is 24.7 Å². The molecule has 6 heteroatoms. The van der Waals surface area contributed by atoms with Crippen LogP contribution in [0.3, 0.4) is 0 Å². The van der Waals surface area contributed by atoms with E-state index in [-0.39, 0.29) is 18.3 Å². The largest absolute Gasteiger partial charge is 0.460 e. The van der Waals surface area contributed by atoms with Crippen molar-refractivity contribution in [1.82, 2.24) is 0 Å². The van der Waals surface area contributed by atoms with Gasteiger partial charge in [0.05, 0.1) is 6.61 Å². The van der Waals surface area contributed by atoms with E-state index >= 15 is 0 Å². The van der Waals surface area contributed by atoms with Crippen LogP contribution in [0.15, 0.2) is 57.8 Å². The number of hydrogen-bond donors (Lipinski definition) is 1. The highest BCUT2D eigenvalue weighted by Crippen LogP contribution is 2.32. The normalized spacial score (nSPS) is 10.6. The van der Waals surface area contributed by atoms with E-state index in [1.807, 2.05) is 24.5 Å². The highest BCUT2D eigenvalue weighted by molar-refractivity contribution is 7.98. The summed E-state index contributed by atoms with van der Waals surface area (Å²) < 4.78 is 10.6. The van der Waals surface area contributed by atoms with Crippen LogP contribution in [-0.2, 0) is 4.74 Å². The number of para-hydroxylation sites is 1. The summed E-state index contributed by atoms with van der Waals surface area (Å²) in [5, 5.41) is 3.45. The molecular weight excluding hydrogens is 338 g/mol. The summed E-state index contributed by atoms with van der Waals surface area (Å²) >= 11 is 1.55. The lowest BCUT2D eigenvalue weighted by Crippen LogP contribution is -2.15. The van der Waals surface area contributed by atoms with Crippen LogP contribution in [0.4, 0.5) is 5.69 Å². The summed E-state index contributed by atoms with van der Waals surface area (Å²) in [4.78, 5) is 25.8. The second-order valence-electron chi connectivity index (χ2n) is 5.21. The van der Waals surface area contributed by atoms with Gasteiger partial charge in [0, 0.05) is 15.8 Å². The lowest BCUT2D eigenvalue weighted by Gasteiger charge is -2.07. The zero-order valence-corrected chi connectivity index (χ0v) is 14.7. The smallest absolute Gasteiger partial charge is 0.376 e. The van der Waals surface area contributed by atoms with Crippen molar-refractivity contribution in [2.45, 2.75) is 11.8 Å². The number of hydrogen-bond acceptors (Lipinski definition) is 5. The number of ether oxygens (including phenoxy) is 1. The number of rotatable bonds is 5. The molecule has 1 N–H and O–H groups in total. The molecule has 0 radical (unpaired) electrons. The zero-order valence-electron chi connectivity index (χ0n) is 13.9. The van der Waals surface area contributed by atoms with Crippen LogP contribution >= 0.6 is 11.8 Å². The van der Waals surface area contributed by atoms with E-state index in [0.29, 0.717) is 22.2 Å². The van der Waals surface area contributed by atoms with Gasteiger partial charge in [0.15, 0.2) is 0 Å². The maximum absolute atomic E-state index is 12.6. The third-order valence-corrected chi connectivity index (χ3v) is 4.35. The molecule has 0 aliphatic heterocycles. The van der Waals surface area contributed by atoms with Crippen molar-refractivity contribution < 1.29 is 18.7 Å². The quantitative estimate of drug-likeness (QED) is 0.536. The summed E-state index contributed by atoms with van der Waals surface area (Å²) in [5.41, 5.74) is 1.35.